The number of ether oxygens (including phenoxy) is 4. The quantitative estimate of drug-likeness (QED) is 0.0283. The Morgan fingerprint density at radius 1 is 0.459 bits per heavy atom. The van der Waals surface area contributed by atoms with Crippen molar-refractivity contribution < 1.29 is 79.0 Å². The monoisotopic (exact) mass is 1520 g/mol. The van der Waals surface area contributed by atoms with Crippen molar-refractivity contribution in [2.45, 2.75) is 181 Å². The van der Waals surface area contributed by atoms with Gasteiger partial charge in [0.15, 0.2) is 70.8 Å². The molecule has 8 unspecified atom stereocenters. The van der Waals surface area contributed by atoms with E-state index in [1.54, 1.807) is 38.0 Å². The lowest BCUT2D eigenvalue weighted by atomic mass is 10.0. The van der Waals surface area contributed by atoms with Crippen LogP contribution >= 0.6 is 0 Å². The number of amides is 4. The lowest BCUT2D eigenvalue weighted by Gasteiger charge is -2.24. The van der Waals surface area contributed by atoms with Crippen LogP contribution in [0.5, 0.6) is 0 Å². The molecule has 44 nitrogen and oxygen atoms in total. The zero-order valence-corrected chi connectivity index (χ0v) is 59.4. The molecule has 0 radical (unpaired) electrons. The minimum Gasteiger partial charge on any atom is -0.394 e. The Bertz CT molecular complexity index is 4570. The molecule has 1 aliphatic carbocycles. The van der Waals surface area contributed by atoms with E-state index in [2.05, 4.69) is 81.1 Å². The second-order valence-electron chi connectivity index (χ2n) is 27.2. The van der Waals surface area contributed by atoms with E-state index in [0.717, 1.165) is 25.7 Å². The first-order chi connectivity index (χ1) is 52.3. The SMILES string of the molecule is CC(C)CC(N)C(=O)N[C@H]1C(O)[C@@H](CO)O[C@H]1n1cnc2c(N)ncnc21.CCCCC(N)C(=O)N[C@H]1C(O)[C@@H](CO)O[C@H]1n1cnc2c(N)ncnc21.Nc1ncnc2c1ncn2[C@@H]1O[C@H](CO)C(O)[C@@H]1NC(=O)C(N)C1CC1.Nc1ncnc2c1ncn2[C@@H]1O[C@H](CO)C(O)[C@@H]1NC(=O)C(N)c1ccccc1. The van der Waals surface area contributed by atoms with Crippen molar-refractivity contribution >= 4 is 91.6 Å². The van der Waals surface area contributed by atoms with Crippen molar-refractivity contribution in [3.05, 3.63) is 86.5 Å². The van der Waals surface area contributed by atoms with Crippen molar-refractivity contribution in [3.63, 3.8) is 0 Å². The summed E-state index contributed by atoms with van der Waals surface area (Å²) >= 11 is 0. The molecule has 12 heterocycles. The molecule has 1 aromatic carbocycles. The highest BCUT2D eigenvalue weighted by Crippen LogP contribution is 2.38. The van der Waals surface area contributed by atoms with Crippen molar-refractivity contribution in [3.8, 4) is 0 Å². The zero-order valence-electron chi connectivity index (χ0n) is 59.4. The fourth-order valence-corrected chi connectivity index (χ4v) is 13.1. The van der Waals surface area contributed by atoms with E-state index in [4.69, 9.17) is 64.8 Å². The molecule has 4 aliphatic heterocycles. The molecular formula is C65H92N28O16. The van der Waals surface area contributed by atoms with E-state index in [-0.39, 0.29) is 41.0 Å². The Hall–Kier alpha value is -10.1. The van der Waals surface area contributed by atoms with Crippen molar-refractivity contribution in [1.82, 2.24) is 99.3 Å². The standard InChI is InChI=1S/C18H21N7O4.2C16H25N7O4.C15H21N7O4/c19-11(9-4-2-1-3-5-9)17(28)24-12-14(27)10(6-26)29-18(12)25-8-23-13-15(20)21-7-22-16(13)25;1-7(2)3-8(17)15(26)22-10-12(25)9(4-24)27-16(10)23-6-21-11-13(18)19-5-20-14(11)23;1-2-3-4-8(17)15(26)22-10-12(25)9(5-24)27-16(10)23-7-21-11-13(18)19-6-20-14(11)23;16-8(6-1-2-6)14(25)21-9-11(24)7(3-23)26-15(9)22-5-20-10-12(17)18-4-19-13(10)22/h1-5,7-8,10-12,14,18,26-27H,6,19H2,(H,24,28)(H2,20,21,22);5-10,12,16,24-25H,3-4,17H2,1-2H3,(H,22,26)(H2,18,19,20);6-10,12,16,24-25H,2-5,17H2,1H3,(H,22,26)(H2,18,19,20);4-9,11,15,23-24H,1-3,16H2,(H,21,25)(H2,17,18,19)/t10-,11?,12+,14?,18-;2*8?,9-,10+,12?,16-;7-,8?,9+,11?,15-/m1111/s1. The van der Waals surface area contributed by atoms with Gasteiger partial charge in [0.25, 0.3) is 0 Å². The van der Waals surface area contributed by atoms with Gasteiger partial charge in [-0.05, 0) is 43.1 Å². The first-order valence-electron chi connectivity index (χ1n) is 35.1. The molecule has 109 heavy (non-hydrogen) atoms. The van der Waals surface area contributed by atoms with Crippen molar-refractivity contribution in [2.24, 2.45) is 34.8 Å². The van der Waals surface area contributed by atoms with Crippen molar-refractivity contribution in [2.75, 3.05) is 49.4 Å². The summed E-state index contributed by atoms with van der Waals surface area (Å²) in [7, 11) is 0. The maximum atomic E-state index is 12.7. The number of nitrogens with one attached hydrogen (secondary N) is 4. The third-order valence-corrected chi connectivity index (χ3v) is 19.2. The van der Waals surface area contributed by atoms with Gasteiger partial charge in [-0.15, -0.1) is 0 Å². The number of aromatic nitrogens is 16. The summed E-state index contributed by atoms with van der Waals surface area (Å²) in [5, 5.41) is 91.2. The fourth-order valence-electron chi connectivity index (χ4n) is 13.1. The number of nitrogens with zero attached hydrogens (tertiary/aromatic N) is 16. The topological polar surface area (TPSA) is 698 Å². The average molecular weight is 1520 g/mol. The molecule has 0 bridgehead atoms. The lowest BCUT2D eigenvalue weighted by molar-refractivity contribution is -0.125. The van der Waals surface area contributed by atoms with Gasteiger partial charge < -0.3 is 127 Å². The lowest BCUT2D eigenvalue weighted by Crippen LogP contribution is -2.52. The second-order valence-corrected chi connectivity index (χ2v) is 27.2. The number of nitrogens with two attached hydrogens (primary N) is 8. The molecule has 588 valence electrons. The number of fused-ring (bicyclic) bond motifs is 4. The smallest absolute Gasteiger partial charge is 0.241 e. The van der Waals surface area contributed by atoms with Gasteiger partial charge in [0, 0.05) is 0 Å². The van der Waals surface area contributed by atoms with Gasteiger partial charge in [0.1, 0.15) is 126 Å². The first kappa shape index (κ1) is 79.9. The van der Waals surface area contributed by atoms with Crippen LogP contribution in [-0.4, -0.2) is 260 Å². The van der Waals surface area contributed by atoms with Crippen LogP contribution in [0.15, 0.2) is 81.0 Å². The summed E-state index contributed by atoms with van der Waals surface area (Å²) < 4.78 is 29.2. The largest absolute Gasteiger partial charge is 0.394 e. The Balaban J connectivity index is 0.000000144. The van der Waals surface area contributed by atoms with Gasteiger partial charge >= 0.3 is 0 Å². The number of hydrogen-bond donors (Lipinski definition) is 20. The summed E-state index contributed by atoms with van der Waals surface area (Å²) in [5.74, 6) is -0.421. The van der Waals surface area contributed by atoms with Crippen LogP contribution in [0.2, 0.25) is 0 Å². The number of aliphatic hydroxyl groups is 8. The molecule has 28 N–H and O–H groups in total. The Labute approximate surface area is 619 Å². The van der Waals surface area contributed by atoms with E-state index < -0.39 is 166 Å². The molecule has 4 amide bonds. The van der Waals surface area contributed by atoms with Crippen LogP contribution in [0.1, 0.15) is 95.8 Å². The van der Waals surface area contributed by atoms with Gasteiger partial charge in [-0.2, -0.15) is 0 Å². The number of carbonyl (C=O) groups is 4. The van der Waals surface area contributed by atoms with Gasteiger partial charge in [-0.25, -0.2) is 59.8 Å². The summed E-state index contributed by atoms with van der Waals surface area (Å²) in [6.45, 7) is 4.29. The van der Waals surface area contributed by atoms with Crippen LogP contribution in [0.3, 0.4) is 0 Å². The Morgan fingerprint density at radius 3 is 1.07 bits per heavy atom. The molecule has 5 aliphatic rings. The fraction of sp³-hybridized carbons (Fsp3) is 0.538. The van der Waals surface area contributed by atoms with Crippen LogP contribution < -0.4 is 67.1 Å². The Kier molecular flexibility index (Phi) is 25.7. The maximum Gasteiger partial charge on any atom is 0.241 e. The first-order valence-corrected chi connectivity index (χ1v) is 35.1. The van der Waals surface area contributed by atoms with Gasteiger partial charge in [0.05, 0.1) is 69.9 Å². The number of nitrogen functional groups attached to an aromatic ring is 4. The molecule has 8 aromatic heterocycles. The van der Waals surface area contributed by atoms with E-state index in [9.17, 15) is 60.0 Å². The molecule has 5 fully saturated rings. The van der Waals surface area contributed by atoms with Gasteiger partial charge in [-0.3, -0.25) is 37.4 Å². The van der Waals surface area contributed by atoms with Crippen LogP contribution in [0.4, 0.5) is 23.3 Å². The second kappa shape index (κ2) is 35.0. The predicted octanol–water partition coefficient (Wildman–Crippen LogP) is -6.10. The number of hydrogen-bond acceptors (Lipinski definition) is 36. The highest BCUT2D eigenvalue weighted by molar-refractivity contribution is 5.86. The molecule has 44 heteroatoms. The van der Waals surface area contributed by atoms with E-state index >= 15 is 0 Å². The normalized spacial score (nSPS) is 26.9. The molecule has 9 aromatic rings. The molecule has 4 saturated heterocycles. The molecule has 14 rings (SSSR count). The summed E-state index contributed by atoms with van der Waals surface area (Å²) in [6, 6.07) is 2.48. The highest BCUT2D eigenvalue weighted by Gasteiger charge is 2.51. The number of carbonyl (C=O) groups excluding carboxylic acids is 4. The van der Waals surface area contributed by atoms with E-state index in [0.29, 0.717) is 63.1 Å². The van der Waals surface area contributed by atoms with Gasteiger partial charge in [0.2, 0.25) is 23.6 Å². The minimum absolute atomic E-state index is 0.170. The zero-order chi connectivity index (χ0) is 78.2. The van der Waals surface area contributed by atoms with Crippen LogP contribution in [0.25, 0.3) is 44.7 Å². The third kappa shape index (κ3) is 17.2. The number of benzene rings is 1. The number of unbranched alkanes of at least 4 members (excludes halogenated alkanes) is 1. The Morgan fingerprint density at radius 2 is 0.771 bits per heavy atom. The number of rotatable bonds is 23. The predicted molar refractivity (Wildman–Crippen MR) is 384 cm³/mol. The summed E-state index contributed by atoms with van der Waals surface area (Å²) in [4.78, 5) is 99.0. The van der Waals surface area contributed by atoms with Crippen molar-refractivity contribution in [1.29, 1.82) is 0 Å². The number of anilines is 4. The minimum atomic E-state index is -1.17. The van der Waals surface area contributed by atoms with Gasteiger partial charge in [-0.1, -0.05) is 63.9 Å². The average Bonchev–Trinajstić information content (AvgIpc) is 1.64. The van der Waals surface area contributed by atoms with E-state index in [1.807, 2.05) is 26.8 Å². The highest BCUT2D eigenvalue weighted by atomic mass is 16.6. The summed E-state index contributed by atoms with van der Waals surface area (Å²) in [5.41, 5.74) is 50.8. The summed E-state index contributed by atoms with van der Waals surface area (Å²) in [6.07, 6.45) is 4.12. The van der Waals surface area contributed by atoms with E-state index in [1.165, 1.54) is 55.2 Å². The molecule has 0 spiro atoms. The number of aliphatic hydroxyl groups excluding tert-OH is 8. The number of imidazole rings is 4. The third-order valence-electron chi connectivity index (χ3n) is 19.2. The van der Waals surface area contributed by atoms with Crippen LogP contribution in [-0.2, 0) is 38.1 Å². The molecular weight excluding hydrogens is 1430 g/mol. The van der Waals surface area contributed by atoms with Crippen LogP contribution in [0, 0.1) is 11.8 Å². The maximum absolute atomic E-state index is 12.7. The molecule has 20 atom stereocenters. The molecule has 1 saturated carbocycles.